The molecule has 0 fully saturated rings. The van der Waals surface area contributed by atoms with Gasteiger partial charge in [-0.25, -0.2) is 9.38 Å². The Hall–Kier alpha value is -2.61. The molecule has 27 heavy (non-hydrogen) atoms. The number of aliphatic imine (C=N–C) groups is 1. The zero-order valence-corrected chi connectivity index (χ0v) is 16.3. The van der Waals surface area contributed by atoms with Crippen molar-refractivity contribution < 1.29 is 9.18 Å². The van der Waals surface area contributed by atoms with Crippen molar-refractivity contribution in [1.82, 2.24) is 15.6 Å². The maximum Gasteiger partial charge on any atom is 0.243 e. The summed E-state index contributed by atoms with van der Waals surface area (Å²) in [6.45, 7) is 3.08. The van der Waals surface area contributed by atoms with Crippen molar-refractivity contribution in [3.8, 4) is 0 Å². The van der Waals surface area contributed by atoms with Crippen LogP contribution >= 0.6 is 11.8 Å². The van der Waals surface area contributed by atoms with Crippen LogP contribution in [0, 0.1) is 5.82 Å². The van der Waals surface area contributed by atoms with E-state index in [1.807, 2.05) is 13.2 Å². The molecule has 6 nitrogen and oxygen atoms in total. The molecule has 1 heterocycles. The fourth-order valence-corrected chi connectivity index (χ4v) is 2.93. The Kier molecular flexibility index (Phi) is 8.57. The molecule has 0 spiro atoms. The van der Waals surface area contributed by atoms with Gasteiger partial charge in [-0.1, -0.05) is 6.07 Å². The van der Waals surface area contributed by atoms with Crippen molar-refractivity contribution in [2.24, 2.45) is 4.99 Å². The second kappa shape index (κ2) is 11.2. The molecule has 3 N–H and O–H groups in total. The number of pyridine rings is 1. The van der Waals surface area contributed by atoms with Crippen LogP contribution in [-0.4, -0.2) is 36.2 Å². The third kappa shape index (κ3) is 7.26. The molecule has 2 rings (SSSR count). The van der Waals surface area contributed by atoms with Gasteiger partial charge in [0.2, 0.25) is 5.91 Å². The summed E-state index contributed by atoms with van der Waals surface area (Å²) >= 11 is 1.63. The third-order valence-electron chi connectivity index (χ3n) is 3.58. The van der Waals surface area contributed by atoms with Gasteiger partial charge in [-0.05, 0) is 48.6 Å². The van der Waals surface area contributed by atoms with Crippen LogP contribution in [0.2, 0.25) is 0 Å². The molecule has 0 bridgehead atoms. The highest BCUT2D eigenvalue weighted by molar-refractivity contribution is 7.97. The van der Waals surface area contributed by atoms with Crippen LogP contribution in [0.15, 0.2) is 47.7 Å². The van der Waals surface area contributed by atoms with E-state index in [0.29, 0.717) is 24.7 Å². The van der Waals surface area contributed by atoms with Gasteiger partial charge in [-0.3, -0.25) is 9.78 Å². The zero-order valence-electron chi connectivity index (χ0n) is 15.5. The Morgan fingerprint density at radius 3 is 2.81 bits per heavy atom. The number of halogens is 1. The van der Waals surface area contributed by atoms with E-state index in [1.165, 1.54) is 6.07 Å². The van der Waals surface area contributed by atoms with Crippen molar-refractivity contribution >= 4 is 29.3 Å². The van der Waals surface area contributed by atoms with Crippen molar-refractivity contribution in [3.63, 3.8) is 0 Å². The molecular weight excluding hydrogens is 365 g/mol. The van der Waals surface area contributed by atoms with Crippen LogP contribution in [0.4, 0.5) is 10.1 Å². The molecule has 1 aromatic carbocycles. The maximum absolute atomic E-state index is 13.5. The van der Waals surface area contributed by atoms with Crippen LogP contribution < -0.4 is 16.0 Å². The molecular formula is C19H24FN5OS. The fourth-order valence-electron chi connectivity index (χ4n) is 2.35. The molecule has 0 saturated heterocycles. The van der Waals surface area contributed by atoms with E-state index in [9.17, 15) is 9.18 Å². The topological polar surface area (TPSA) is 78.4 Å². The molecule has 2 aromatic rings. The number of thioether (sulfide) groups is 1. The van der Waals surface area contributed by atoms with Gasteiger partial charge >= 0.3 is 0 Å². The minimum absolute atomic E-state index is 0.0712. The summed E-state index contributed by atoms with van der Waals surface area (Å²) in [5.74, 6) is 0.806. The van der Waals surface area contributed by atoms with Crippen LogP contribution in [0.25, 0.3) is 0 Å². The minimum atomic E-state index is -0.246. The summed E-state index contributed by atoms with van der Waals surface area (Å²) < 4.78 is 13.5. The first-order chi connectivity index (χ1) is 13.1. The zero-order chi connectivity index (χ0) is 19.5. The molecule has 0 radical (unpaired) electrons. The van der Waals surface area contributed by atoms with Gasteiger partial charge < -0.3 is 16.0 Å². The SMILES string of the molecule is CCNC(=NCc1ccc(F)cc1CSC)NCC(=O)Nc1cccnc1. The predicted octanol–water partition coefficient (Wildman–Crippen LogP) is 2.78. The van der Waals surface area contributed by atoms with E-state index in [0.717, 1.165) is 16.9 Å². The van der Waals surface area contributed by atoms with Crippen LogP contribution in [0.1, 0.15) is 18.1 Å². The molecule has 0 atom stereocenters. The lowest BCUT2D eigenvalue weighted by Crippen LogP contribution is -2.41. The van der Waals surface area contributed by atoms with E-state index in [4.69, 9.17) is 0 Å². The quantitative estimate of drug-likeness (QED) is 0.478. The molecule has 8 heteroatoms. The van der Waals surface area contributed by atoms with Crippen LogP contribution in [-0.2, 0) is 17.1 Å². The molecule has 0 saturated carbocycles. The second-order valence-electron chi connectivity index (χ2n) is 5.68. The van der Waals surface area contributed by atoms with Gasteiger partial charge in [0.15, 0.2) is 5.96 Å². The van der Waals surface area contributed by atoms with E-state index in [-0.39, 0.29) is 18.3 Å². The summed E-state index contributed by atoms with van der Waals surface area (Å²) in [4.78, 5) is 20.5. The first kappa shape index (κ1) is 20.7. The minimum Gasteiger partial charge on any atom is -0.357 e. The second-order valence-corrected chi connectivity index (χ2v) is 6.55. The lowest BCUT2D eigenvalue weighted by atomic mass is 10.1. The Balaban J connectivity index is 1.97. The molecule has 0 aliphatic carbocycles. The standard InChI is InChI=1S/C19H24FN5OS/c1-3-22-19(24-12-18(26)25-17-5-4-8-21-11-17)23-10-14-6-7-16(20)9-15(14)13-27-2/h4-9,11H,3,10,12-13H2,1-2H3,(H,25,26)(H2,22,23,24). The van der Waals surface area contributed by atoms with Gasteiger partial charge in [0.25, 0.3) is 0 Å². The molecule has 0 aliphatic heterocycles. The number of aromatic nitrogens is 1. The number of hydrogen-bond donors (Lipinski definition) is 3. The average Bonchev–Trinajstić information content (AvgIpc) is 2.66. The number of carbonyl (C=O) groups excluding carboxylic acids is 1. The molecule has 144 valence electrons. The van der Waals surface area contributed by atoms with E-state index in [1.54, 1.807) is 48.4 Å². The molecule has 1 amide bonds. The smallest absolute Gasteiger partial charge is 0.243 e. The lowest BCUT2D eigenvalue weighted by molar-refractivity contribution is -0.115. The highest BCUT2D eigenvalue weighted by Gasteiger charge is 2.07. The normalized spacial score (nSPS) is 11.1. The number of carbonyl (C=O) groups is 1. The summed E-state index contributed by atoms with van der Waals surface area (Å²) in [7, 11) is 0. The Morgan fingerprint density at radius 2 is 2.11 bits per heavy atom. The van der Waals surface area contributed by atoms with E-state index in [2.05, 4.69) is 25.9 Å². The van der Waals surface area contributed by atoms with Gasteiger partial charge in [0, 0.05) is 18.5 Å². The van der Waals surface area contributed by atoms with Crippen LogP contribution in [0.3, 0.4) is 0 Å². The average molecular weight is 390 g/mol. The molecule has 1 aromatic heterocycles. The number of rotatable bonds is 8. The summed E-state index contributed by atoms with van der Waals surface area (Å²) in [5.41, 5.74) is 2.53. The Bertz CT molecular complexity index is 770. The Morgan fingerprint density at radius 1 is 1.26 bits per heavy atom. The molecule has 0 unspecified atom stereocenters. The van der Waals surface area contributed by atoms with Gasteiger partial charge in [0.1, 0.15) is 5.82 Å². The first-order valence-corrected chi connectivity index (χ1v) is 10.00. The highest BCUT2D eigenvalue weighted by atomic mass is 32.2. The van der Waals surface area contributed by atoms with Crippen molar-refractivity contribution in [2.45, 2.75) is 19.2 Å². The number of benzene rings is 1. The maximum atomic E-state index is 13.5. The molecule has 0 aliphatic rings. The van der Waals surface area contributed by atoms with Gasteiger partial charge in [-0.15, -0.1) is 0 Å². The highest BCUT2D eigenvalue weighted by Crippen LogP contribution is 2.17. The van der Waals surface area contributed by atoms with Gasteiger partial charge in [-0.2, -0.15) is 11.8 Å². The fraction of sp³-hybridized carbons (Fsp3) is 0.316. The monoisotopic (exact) mass is 389 g/mol. The van der Waals surface area contributed by atoms with E-state index < -0.39 is 0 Å². The van der Waals surface area contributed by atoms with Crippen LogP contribution in [0.5, 0.6) is 0 Å². The number of amides is 1. The Labute approximate surface area is 163 Å². The van der Waals surface area contributed by atoms with Crippen molar-refractivity contribution in [1.29, 1.82) is 0 Å². The predicted molar refractivity (Wildman–Crippen MR) is 109 cm³/mol. The van der Waals surface area contributed by atoms with E-state index >= 15 is 0 Å². The number of nitrogens with one attached hydrogen (secondary N) is 3. The summed E-state index contributed by atoms with van der Waals surface area (Å²) in [6.07, 6.45) is 5.20. The summed E-state index contributed by atoms with van der Waals surface area (Å²) in [5, 5.41) is 8.86. The largest absolute Gasteiger partial charge is 0.357 e. The summed E-state index contributed by atoms with van der Waals surface area (Å²) in [6, 6.07) is 8.26. The number of anilines is 1. The number of guanidine groups is 1. The lowest BCUT2D eigenvalue weighted by Gasteiger charge is -2.12. The van der Waals surface area contributed by atoms with Crippen molar-refractivity contribution in [2.75, 3.05) is 24.7 Å². The third-order valence-corrected chi connectivity index (χ3v) is 4.18. The first-order valence-electron chi connectivity index (χ1n) is 8.60. The number of hydrogen-bond acceptors (Lipinski definition) is 4. The van der Waals surface area contributed by atoms with Crippen molar-refractivity contribution in [3.05, 3.63) is 59.7 Å². The van der Waals surface area contributed by atoms with Gasteiger partial charge in [0.05, 0.1) is 25.0 Å². The number of nitrogens with zero attached hydrogens (tertiary/aromatic N) is 2.